The van der Waals surface area contributed by atoms with E-state index in [1.165, 1.54) is 12.1 Å². The summed E-state index contributed by atoms with van der Waals surface area (Å²) in [6, 6.07) is 19.5. The van der Waals surface area contributed by atoms with Gasteiger partial charge in [0.25, 0.3) is 5.91 Å². The Morgan fingerprint density at radius 2 is 1.94 bits per heavy atom. The largest absolute Gasteiger partial charge is 0.361 e. The molecule has 0 aliphatic carbocycles. The van der Waals surface area contributed by atoms with Gasteiger partial charge in [0, 0.05) is 11.6 Å². The summed E-state index contributed by atoms with van der Waals surface area (Å²) in [5.41, 5.74) is 3.90. The zero-order valence-corrected chi connectivity index (χ0v) is 17.8. The Morgan fingerprint density at radius 1 is 1.09 bits per heavy atom. The average molecular weight is 441 g/mol. The Balaban J connectivity index is 1.55. The van der Waals surface area contributed by atoms with Crippen LogP contribution in [0.25, 0.3) is 22.3 Å². The number of rotatable bonds is 6. The van der Waals surface area contributed by atoms with Gasteiger partial charge in [-0.25, -0.2) is 14.1 Å². The maximum absolute atomic E-state index is 13.7. The SMILES string of the molecule is Cc1cc(CNC(=O)c2cc(-c3ccccc3)nc3c2cnn3Cc2cccc(F)c2)no1. The van der Waals surface area contributed by atoms with Crippen LogP contribution < -0.4 is 5.32 Å². The molecule has 164 valence electrons. The van der Waals surface area contributed by atoms with Gasteiger partial charge in [0.05, 0.1) is 35.9 Å². The molecule has 5 rings (SSSR count). The zero-order chi connectivity index (χ0) is 22.8. The normalized spacial score (nSPS) is 11.1. The molecule has 33 heavy (non-hydrogen) atoms. The molecule has 3 aromatic heterocycles. The lowest BCUT2D eigenvalue weighted by Gasteiger charge is -2.09. The Bertz CT molecular complexity index is 1440. The first-order valence-corrected chi connectivity index (χ1v) is 10.4. The van der Waals surface area contributed by atoms with Gasteiger partial charge in [-0.3, -0.25) is 4.79 Å². The van der Waals surface area contributed by atoms with E-state index in [1.807, 2.05) is 36.4 Å². The van der Waals surface area contributed by atoms with Crippen LogP contribution in [0.4, 0.5) is 4.39 Å². The second-order valence-electron chi connectivity index (χ2n) is 7.70. The highest BCUT2D eigenvalue weighted by molar-refractivity contribution is 6.06. The van der Waals surface area contributed by atoms with Gasteiger partial charge in [0.15, 0.2) is 5.65 Å². The first kappa shape index (κ1) is 20.6. The van der Waals surface area contributed by atoms with E-state index in [4.69, 9.17) is 9.51 Å². The molecule has 0 unspecified atom stereocenters. The molecule has 0 radical (unpaired) electrons. The smallest absolute Gasteiger partial charge is 0.252 e. The average Bonchev–Trinajstić information content (AvgIpc) is 3.43. The van der Waals surface area contributed by atoms with E-state index in [0.717, 1.165) is 11.1 Å². The number of benzene rings is 2. The quantitative estimate of drug-likeness (QED) is 0.419. The molecule has 0 aliphatic rings. The molecule has 0 aliphatic heterocycles. The zero-order valence-electron chi connectivity index (χ0n) is 17.8. The van der Waals surface area contributed by atoms with E-state index in [9.17, 15) is 9.18 Å². The maximum Gasteiger partial charge on any atom is 0.252 e. The fourth-order valence-electron chi connectivity index (χ4n) is 3.68. The summed E-state index contributed by atoms with van der Waals surface area (Å²) in [6.45, 7) is 2.35. The summed E-state index contributed by atoms with van der Waals surface area (Å²) < 4.78 is 20.4. The van der Waals surface area contributed by atoms with Crippen LogP contribution in [-0.2, 0) is 13.1 Å². The van der Waals surface area contributed by atoms with Crippen molar-refractivity contribution >= 4 is 16.9 Å². The van der Waals surface area contributed by atoms with Gasteiger partial charge in [-0.2, -0.15) is 5.10 Å². The molecule has 0 spiro atoms. The van der Waals surface area contributed by atoms with E-state index >= 15 is 0 Å². The molecule has 0 atom stereocenters. The van der Waals surface area contributed by atoms with Crippen LogP contribution in [0, 0.1) is 12.7 Å². The third-order valence-corrected chi connectivity index (χ3v) is 5.25. The van der Waals surface area contributed by atoms with Crippen LogP contribution in [0.2, 0.25) is 0 Å². The Morgan fingerprint density at radius 3 is 2.70 bits per heavy atom. The topological polar surface area (TPSA) is 85.8 Å². The van der Waals surface area contributed by atoms with Crippen LogP contribution in [0.3, 0.4) is 0 Å². The standard InChI is InChI=1S/C25H20FN5O2/c1-16-10-20(30-33-16)13-27-25(32)21-12-23(18-7-3-2-4-8-18)29-24-22(21)14-28-31(24)15-17-6-5-9-19(26)11-17/h2-12,14H,13,15H2,1H3,(H,27,32). The van der Waals surface area contributed by atoms with Crippen molar-refractivity contribution in [2.24, 2.45) is 0 Å². The summed E-state index contributed by atoms with van der Waals surface area (Å²) in [4.78, 5) is 17.9. The Labute approximate surface area is 188 Å². The number of hydrogen-bond acceptors (Lipinski definition) is 5. The van der Waals surface area contributed by atoms with Gasteiger partial charge in [0.2, 0.25) is 0 Å². The van der Waals surface area contributed by atoms with Crippen molar-refractivity contribution in [2.45, 2.75) is 20.0 Å². The second-order valence-corrected chi connectivity index (χ2v) is 7.70. The van der Waals surface area contributed by atoms with Gasteiger partial charge in [-0.1, -0.05) is 47.6 Å². The molecule has 0 fully saturated rings. The fraction of sp³-hybridized carbons (Fsp3) is 0.120. The highest BCUT2D eigenvalue weighted by atomic mass is 19.1. The number of nitrogens with zero attached hydrogens (tertiary/aromatic N) is 4. The highest BCUT2D eigenvalue weighted by Crippen LogP contribution is 2.25. The minimum atomic E-state index is -0.315. The third-order valence-electron chi connectivity index (χ3n) is 5.25. The van der Waals surface area contributed by atoms with Gasteiger partial charge in [-0.15, -0.1) is 0 Å². The number of halogens is 1. The second kappa shape index (κ2) is 8.66. The van der Waals surface area contributed by atoms with Crippen molar-refractivity contribution in [3.63, 3.8) is 0 Å². The Hall–Kier alpha value is -4.33. The molecule has 1 amide bonds. The molecule has 7 nitrogen and oxygen atoms in total. The van der Waals surface area contributed by atoms with Crippen molar-refractivity contribution in [1.82, 2.24) is 25.2 Å². The molecule has 0 saturated carbocycles. The van der Waals surface area contributed by atoms with Gasteiger partial charge < -0.3 is 9.84 Å². The van der Waals surface area contributed by atoms with Crippen LogP contribution >= 0.6 is 0 Å². The number of pyridine rings is 1. The first-order valence-electron chi connectivity index (χ1n) is 10.4. The third kappa shape index (κ3) is 4.36. The molecule has 2 aromatic carbocycles. The lowest BCUT2D eigenvalue weighted by atomic mass is 10.1. The predicted molar refractivity (Wildman–Crippen MR) is 121 cm³/mol. The minimum absolute atomic E-state index is 0.234. The molecule has 8 heteroatoms. The number of nitrogens with one attached hydrogen (secondary N) is 1. The summed E-state index contributed by atoms with van der Waals surface area (Å²) in [5, 5.41) is 11.9. The summed E-state index contributed by atoms with van der Waals surface area (Å²) in [6.07, 6.45) is 1.62. The summed E-state index contributed by atoms with van der Waals surface area (Å²) in [5.74, 6) is 0.0890. The molecule has 0 saturated heterocycles. The van der Waals surface area contributed by atoms with Crippen molar-refractivity contribution in [1.29, 1.82) is 0 Å². The number of hydrogen-bond donors (Lipinski definition) is 1. The number of carbonyl (C=O) groups is 1. The number of carbonyl (C=O) groups excluding carboxylic acids is 1. The van der Waals surface area contributed by atoms with Crippen LogP contribution in [0.5, 0.6) is 0 Å². The van der Waals surface area contributed by atoms with Gasteiger partial charge >= 0.3 is 0 Å². The van der Waals surface area contributed by atoms with Crippen LogP contribution in [0.1, 0.15) is 27.4 Å². The van der Waals surface area contributed by atoms with Crippen LogP contribution in [0.15, 0.2) is 77.4 Å². The van der Waals surface area contributed by atoms with Gasteiger partial charge in [0.1, 0.15) is 17.3 Å². The summed E-state index contributed by atoms with van der Waals surface area (Å²) >= 11 is 0. The first-order chi connectivity index (χ1) is 16.1. The van der Waals surface area contributed by atoms with E-state index in [0.29, 0.717) is 40.3 Å². The van der Waals surface area contributed by atoms with Crippen molar-refractivity contribution in [3.8, 4) is 11.3 Å². The molecule has 0 bridgehead atoms. The molecular formula is C25H20FN5O2. The lowest BCUT2D eigenvalue weighted by molar-refractivity contribution is 0.0951. The minimum Gasteiger partial charge on any atom is -0.361 e. The monoisotopic (exact) mass is 441 g/mol. The number of fused-ring (bicyclic) bond motifs is 1. The van der Waals surface area contributed by atoms with E-state index in [1.54, 1.807) is 36.0 Å². The van der Waals surface area contributed by atoms with Crippen molar-refractivity contribution < 1.29 is 13.7 Å². The van der Waals surface area contributed by atoms with E-state index in [-0.39, 0.29) is 18.3 Å². The van der Waals surface area contributed by atoms with E-state index < -0.39 is 0 Å². The van der Waals surface area contributed by atoms with Crippen molar-refractivity contribution in [2.75, 3.05) is 0 Å². The molecule has 1 N–H and O–H groups in total. The lowest BCUT2D eigenvalue weighted by Crippen LogP contribution is -2.23. The number of aromatic nitrogens is 4. The van der Waals surface area contributed by atoms with Crippen LogP contribution in [-0.4, -0.2) is 25.8 Å². The molecular weight excluding hydrogens is 421 g/mol. The van der Waals surface area contributed by atoms with Crippen molar-refractivity contribution in [3.05, 3.63) is 101 Å². The Kier molecular flexibility index (Phi) is 5.40. The molecule has 5 aromatic rings. The number of amides is 1. The molecule has 3 heterocycles. The highest BCUT2D eigenvalue weighted by Gasteiger charge is 2.18. The maximum atomic E-state index is 13.7. The predicted octanol–water partition coefficient (Wildman–Crippen LogP) is 4.51. The van der Waals surface area contributed by atoms with Gasteiger partial charge in [-0.05, 0) is 30.7 Å². The fourth-order valence-corrected chi connectivity index (χ4v) is 3.68. The number of aryl methyl sites for hydroxylation is 1. The van der Waals surface area contributed by atoms with E-state index in [2.05, 4.69) is 15.6 Å². The summed E-state index contributed by atoms with van der Waals surface area (Å²) in [7, 11) is 0.